The number of hydrogen-bond donors (Lipinski definition) is 0. The van der Waals surface area contributed by atoms with E-state index in [4.69, 9.17) is 4.74 Å². The van der Waals surface area contributed by atoms with Crippen LogP contribution in [0.1, 0.15) is 27.7 Å². The highest BCUT2D eigenvalue weighted by Gasteiger charge is 2.22. The normalized spacial score (nSPS) is 12.5. The lowest BCUT2D eigenvalue weighted by molar-refractivity contribution is 0.0993. The van der Waals surface area contributed by atoms with E-state index in [1.165, 1.54) is 47.4 Å². The molecule has 2 aromatic heterocycles. The van der Waals surface area contributed by atoms with Crippen LogP contribution >= 0.6 is 23.1 Å². The Hall–Kier alpha value is -2.03. The summed E-state index contributed by atoms with van der Waals surface area (Å²) in [5.41, 5.74) is 1.25. The van der Waals surface area contributed by atoms with Crippen LogP contribution in [0.15, 0.2) is 34.2 Å². The Morgan fingerprint density at radius 2 is 2.00 bits per heavy atom. The van der Waals surface area contributed by atoms with Crippen LogP contribution in [-0.4, -0.2) is 34.3 Å². The minimum Gasteiger partial charge on any atom is -0.383 e. The molecule has 1 aromatic carbocycles. The summed E-state index contributed by atoms with van der Waals surface area (Å²) in [4.78, 5) is 32.2. The van der Waals surface area contributed by atoms with Crippen LogP contribution in [0.25, 0.3) is 10.2 Å². The molecule has 8 heteroatoms. The fourth-order valence-electron chi connectivity index (χ4n) is 2.84. The van der Waals surface area contributed by atoms with E-state index in [2.05, 4.69) is 4.98 Å². The Balaban J connectivity index is 1.99. The second kappa shape index (κ2) is 8.55. The van der Waals surface area contributed by atoms with Crippen molar-refractivity contribution in [3.63, 3.8) is 0 Å². The van der Waals surface area contributed by atoms with E-state index < -0.39 is 5.25 Å². The Labute approximate surface area is 170 Å². The average molecular weight is 421 g/mol. The third-order valence-electron chi connectivity index (χ3n) is 4.55. The van der Waals surface area contributed by atoms with Crippen molar-refractivity contribution >= 4 is 39.1 Å². The molecule has 0 aliphatic carbocycles. The topological polar surface area (TPSA) is 61.2 Å². The number of halogens is 1. The van der Waals surface area contributed by atoms with Crippen LogP contribution in [0.2, 0.25) is 0 Å². The fraction of sp³-hybridized carbons (Fsp3) is 0.350. The van der Waals surface area contributed by atoms with Crippen LogP contribution in [0, 0.1) is 19.7 Å². The van der Waals surface area contributed by atoms with Gasteiger partial charge in [-0.1, -0.05) is 11.8 Å². The standard InChI is InChI=1S/C20H21FN2O3S2/c1-11-12(2)27-18-16(11)19(25)23(9-10-26-4)20(22-18)28-13(3)17(24)14-5-7-15(21)8-6-14/h5-8,13H,9-10H2,1-4H3/t13-/m0/s1. The Bertz CT molecular complexity index is 1070. The molecule has 0 unspecified atom stereocenters. The predicted molar refractivity (Wildman–Crippen MR) is 111 cm³/mol. The molecule has 5 nitrogen and oxygen atoms in total. The van der Waals surface area contributed by atoms with Crippen molar-refractivity contribution < 1.29 is 13.9 Å². The number of methoxy groups -OCH3 is 1. The molecule has 0 aliphatic heterocycles. The van der Waals surface area contributed by atoms with E-state index in [1.54, 1.807) is 18.6 Å². The first-order valence-corrected chi connectivity index (χ1v) is 10.5. The lowest BCUT2D eigenvalue weighted by atomic mass is 10.1. The molecule has 3 aromatic rings. The van der Waals surface area contributed by atoms with Crippen molar-refractivity contribution in [3.8, 4) is 0 Å². The molecule has 0 bridgehead atoms. The number of thioether (sulfide) groups is 1. The molecule has 148 valence electrons. The molecule has 0 saturated carbocycles. The van der Waals surface area contributed by atoms with Crippen molar-refractivity contribution in [1.82, 2.24) is 9.55 Å². The summed E-state index contributed by atoms with van der Waals surface area (Å²) in [6.45, 7) is 6.37. The van der Waals surface area contributed by atoms with Gasteiger partial charge in [-0.25, -0.2) is 9.37 Å². The summed E-state index contributed by atoms with van der Waals surface area (Å²) in [7, 11) is 1.57. The number of benzene rings is 1. The van der Waals surface area contributed by atoms with Gasteiger partial charge in [0, 0.05) is 17.6 Å². The number of nitrogens with zero attached hydrogens (tertiary/aromatic N) is 2. The second-order valence-electron chi connectivity index (χ2n) is 6.44. The van der Waals surface area contributed by atoms with E-state index in [9.17, 15) is 14.0 Å². The van der Waals surface area contributed by atoms with Gasteiger partial charge >= 0.3 is 0 Å². The molecule has 0 radical (unpaired) electrons. The van der Waals surface area contributed by atoms with Gasteiger partial charge in [-0.05, 0) is 50.6 Å². The highest BCUT2D eigenvalue weighted by molar-refractivity contribution is 8.00. The van der Waals surface area contributed by atoms with Gasteiger partial charge in [0.05, 0.1) is 23.8 Å². The van der Waals surface area contributed by atoms with Crippen molar-refractivity contribution in [2.24, 2.45) is 0 Å². The Morgan fingerprint density at radius 1 is 1.32 bits per heavy atom. The summed E-state index contributed by atoms with van der Waals surface area (Å²) < 4.78 is 19.8. The molecule has 0 fully saturated rings. The van der Waals surface area contributed by atoms with Gasteiger partial charge in [0.15, 0.2) is 10.9 Å². The number of carbonyl (C=O) groups is 1. The quantitative estimate of drug-likeness (QED) is 0.325. The lowest BCUT2D eigenvalue weighted by Gasteiger charge is -2.15. The lowest BCUT2D eigenvalue weighted by Crippen LogP contribution is -2.26. The number of aromatic nitrogens is 2. The fourth-order valence-corrected chi connectivity index (χ4v) is 4.92. The summed E-state index contributed by atoms with van der Waals surface area (Å²) in [6, 6.07) is 5.46. The predicted octanol–water partition coefficient (Wildman–Crippen LogP) is 4.22. The number of fused-ring (bicyclic) bond motifs is 1. The number of aryl methyl sites for hydroxylation is 2. The van der Waals surface area contributed by atoms with Crippen molar-refractivity contribution in [1.29, 1.82) is 0 Å². The summed E-state index contributed by atoms with van der Waals surface area (Å²) in [5, 5.41) is 0.630. The number of rotatable bonds is 7. The summed E-state index contributed by atoms with van der Waals surface area (Å²) >= 11 is 2.71. The van der Waals surface area contributed by atoms with Crippen molar-refractivity contribution in [3.05, 3.63) is 56.4 Å². The maximum absolute atomic E-state index is 13.1. The molecule has 3 rings (SSSR count). The molecule has 0 amide bonds. The van der Waals surface area contributed by atoms with Crippen LogP contribution in [0.5, 0.6) is 0 Å². The number of ketones is 1. The molecule has 0 aliphatic rings. The first kappa shape index (κ1) is 20.7. The SMILES string of the molecule is COCCn1c(S[C@@H](C)C(=O)c2ccc(F)cc2)nc2sc(C)c(C)c2c1=O. The van der Waals surface area contributed by atoms with Crippen LogP contribution < -0.4 is 5.56 Å². The zero-order valence-electron chi connectivity index (χ0n) is 16.1. The van der Waals surface area contributed by atoms with Gasteiger partial charge in [0.1, 0.15) is 10.6 Å². The van der Waals surface area contributed by atoms with Crippen molar-refractivity contribution in [2.45, 2.75) is 37.7 Å². The first-order chi connectivity index (χ1) is 13.3. The van der Waals surface area contributed by atoms with E-state index in [0.29, 0.717) is 34.1 Å². The number of thiophene rings is 1. The molecule has 0 N–H and O–H groups in total. The molecular weight excluding hydrogens is 399 g/mol. The van der Waals surface area contributed by atoms with Crippen LogP contribution in [0.4, 0.5) is 4.39 Å². The Morgan fingerprint density at radius 3 is 2.64 bits per heavy atom. The molecular formula is C20H21FN2O3S2. The minimum atomic E-state index is -0.481. The van der Waals surface area contributed by atoms with E-state index in [1.807, 2.05) is 13.8 Å². The zero-order chi connectivity index (χ0) is 20.4. The van der Waals surface area contributed by atoms with Crippen LogP contribution in [0.3, 0.4) is 0 Å². The minimum absolute atomic E-state index is 0.118. The first-order valence-electron chi connectivity index (χ1n) is 8.79. The molecule has 28 heavy (non-hydrogen) atoms. The number of Topliss-reactive ketones (excluding diaryl/α,β-unsaturated/α-hetero) is 1. The average Bonchev–Trinajstić information content (AvgIpc) is 2.95. The third-order valence-corrected chi connectivity index (χ3v) is 6.74. The number of carbonyl (C=O) groups excluding carboxylic acids is 1. The van der Waals surface area contributed by atoms with E-state index in [0.717, 1.165) is 10.4 Å². The van der Waals surface area contributed by atoms with Gasteiger partial charge in [0.2, 0.25) is 0 Å². The number of ether oxygens (including phenoxy) is 1. The molecule has 2 heterocycles. The summed E-state index contributed by atoms with van der Waals surface area (Å²) in [6.07, 6.45) is 0. The van der Waals surface area contributed by atoms with Gasteiger partial charge in [0.25, 0.3) is 5.56 Å². The van der Waals surface area contributed by atoms with Crippen LogP contribution in [-0.2, 0) is 11.3 Å². The van der Waals surface area contributed by atoms with Gasteiger partial charge in [-0.2, -0.15) is 0 Å². The van der Waals surface area contributed by atoms with E-state index >= 15 is 0 Å². The summed E-state index contributed by atoms with van der Waals surface area (Å²) in [5.74, 6) is -0.531. The zero-order valence-corrected chi connectivity index (χ0v) is 17.7. The van der Waals surface area contributed by atoms with Gasteiger partial charge in [-0.3, -0.25) is 14.2 Å². The second-order valence-corrected chi connectivity index (χ2v) is 8.95. The number of hydrogen-bond acceptors (Lipinski definition) is 6. The smallest absolute Gasteiger partial charge is 0.263 e. The maximum Gasteiger partial charge on any atom is 0.263 e. The molecule has 0 spiro atoms. The van der Waals surface area contributed by atoms with Gasteiger partial charge < -0.3 is 4.74 Å². The highest BCUT2D eigenvalue weighted by atomic mass is 32.2. The molecule has 0 saturated heterocycles. The monoisotopic (exact) mass is 420 g/mol. The largest absolute Gasteiger partial charge is 0.383 e. The van der Waals surface area contributed by atoms with Crippen molar-refractivity contribution in [2.75, 3.05) is 13.7 Å². The molecule has 1 atom stereocenters. The third kappa shape index (κ3) is 4.04. The van der Waals surface area contributed by atoms with E-state index in [-0.39, 0.29) is 17.2 Å². The highest BCUT2D eigenvalue weighted by Crippen LogP contribution is 2.30. The maximum atomic E-state index is 13.1. The Kier molecular flexibility index (Phi) is 6.32. The van der Waals surface area contributed by atoms with Gasteiger partial charge in [-0.15, -0.1) is 11.3 Å².